The maximum Gasteiger partial charge on any atom is 0.0999 e. The molecule has 2 aromatic heterocycles. The highest BCUT2D eigenvalue weighted by molar-refractivity contribution is 6.33. The number of rotatable bonds is 2. The molecule has 8 bridgehead atoms. The Morgan fingerprint density at radius 2 is 1.10 bits per heavy atom. The smallest absolute Gasteiger partial charge is 0.0999 e. The Bertz CT molecular complexity index is 3420. The van der Waals surface area contributed by atoms with Gasteiger partial charge in [-0.15, -0.1) is 0 Å². The zero-order valence-electron chi connectivity index (χ0n) is 35.1. The Balaban J connectivity index is 1.15. The summed E-state index contributed by atoms with van der Waals surface area (Å²) in [6.45, 7) is 0. The minimum Gasteiger partial charge on any atom is -0.308 e. The summed E-state index contributed by atoms with van der Waals surface area (Å²) in [5.41, 5.74) is 18.1. The molecule has 4 unspecified atom stereocenters. The molecule has 62 heavy (non-hydrogen) atoms. The number of nitriles is 1. The van der Waals surface area contributed by atoms with Gasteiger partial charge in [-0.05, 0) is 197 Å². The van der Waals surface area contributed by atoms with Crippen LogP contribution in [0.4, 0.5) is 0 Å². The maximum atomic E-state index is 11.4. The first-order valence-electron chi connectivity index (χ1n) is 24.1. The van der Waals surface area contributed by atoms with E-state index in [1.165, 1.54) is 141 Å². The van der Waals surface area contributed by atoms with Crippen LogP contribution in [0.5, 0.6) is 0 Å². The van der Waals surface area contributed by atoms with Crippen LogP contribution in [0.3, 0.4) is 0 Å². The molecular formula is C60H48N2. The van der Waals surface area contributed by atoms with Gasteiger partial charge in [0.15, 0.2) is 0 Å². The molecule has 0 amide bonds. The Morgan fingerprint density at radius 1 is 0.500 bits per heavy atom. The highest BCUT2D eigenvalue weighted by atomic mass is 14.9. The van der Waals surface area contributed by atoms with Crippen LogP contribution < -0.4 is 0 Å². The average molecular weight is 797 g/mol. The van der Waals surface area contributed by atoms with E-state index in [0.29, 0.717) is 23.7 Å². The van der Waals surface area contributed by atoms with Gasteiger partial charge in [0, 0.05) is 27.1 Å². The van der Waals surface area contributed by atoms with Gasteiger partial charge in [-0.3, -0.25) is 0 Å². The first kappa shape index (κ1) is 33.7. The van der Waals surface area contributed by atoms with Gasteiger partial charge >= 0.3 is 0 Å². The summed E-state index contributed by atoms with van der Waals surface area (Å²) in [4.78, 5) is 0. The van der Waals surface area contributed by atoms with Gasteiger partial charge in [0.25, 0.3) is 0 Å². The molecule has 9 aromatic rings. The summed E-state index contributed by atoms with van der Waals surface area (Å²) in [6.07, 6.45) is 13.8. The van der Waals surface area contributed by atoms with Crippen LogP contribution >= 0.6 is 0 Å². The van der Waals surface area contributed by atoms with Crippen molar-refractivity contribution in [1.82, 2.24) is 4.40 Å². The number of fused-ring (bicyclic) bond motifs is 12. The lowest BCUT2D eigenvalue weighted by atomic mass is 9.66. The number of benzene rings is 7. The minimum absolute atomic E-state index is 0.627. The predicted molar refractivity (Wildman–Crippen MR) is 252 cm³/mol. The predicted octanol–water partition coefficient (Wildman–Crippen LogP) is 15.0. The van der Waals surface area contributed by atoms with Crippen LogP contribution in [0.2, 0.25) is 0 Å². The highest BCUT2D eigenvalue weighted by Gasteiger charge is 2.50. The van der Waals surface area contributed by atoms with E-state index in [0.717, 1.165) is 34.8 Å². The van der Waals surface area contributed by atoms with Crippen LogP contribution in [-0.2, 0) is 5.41 Å². The molecule has 0 saturated heterocycles. The molecule has 9 aliphatic carbocycles. The first-order chi connectivity index (χ1) is 30.6. The van der Waals surface area contributed by atoms with Crippen LogP contribution in [0, 0.1) is 35.0 Å². The maximum absolute atomic E-state index is 11.4. The molecule has 0 aliphatic heterocycles. The average Bonchev–Trinajstić information content (AvgIpc) is 3.84. The highest BCUT2D eigenvalue weighted by Crippen LogP contribution is 2.64. The lowest BCUT2D eigenvalue weighted by molar-refractivity contribution is 0.166. The topological polar surface area (TPSA) is 28.2 Å². The van der Waals surface area contributed by atoms with Crippen molar-refractivity contribution in [3.8, 4) is 17.2 Å². The Kier molecular flexibility index (Phi) is 6.28. The summed E-state index contributed by atoms with van der Waals surface area (Å²) in [7, 11) is 0. The molecule has 7 aromatic carbocycles. The van der Waals surface area contributed by atoms with Crippen molar-refractivity contribution in [3.63, 3.8) is 0 Å². The lowest BCUT2D eigenvalue weighted by Gasteiger charge is -2.38. The van der Waals surface area contributed by atoms with E-state index < -0.39 is 5.41 Å². The van der Waals surface area contributed by atoms with Gasteiger partial charge in [0.1, 0.15) is 0 Å². The SMILES string of the molecule is N#Cc1cc2c(c3c1-c1ccccc1C3(c1ccccc1)c1ccccc1)c1c3cc4c(cc3cc3c5c6c(ccc5n2c31)C1CC2CC(C1)CC6C2)C1CC2CC(C1)CC4C2. The summed E-state index contributed by atoms with van der Waals surface area (Å²) in [6, 6.07) is 50.0. The van der Waals surface area contributed by atoms with Crippen molar-refractivity contribution in [1.29, 1.82) is 5.26 Å². The largest absolute Gasteiger partial charge is 0.308 e. The van der Waals surface area contributed by atoms with Crippen LogP contribution in [0.25, 0.3) is 60.0 Å². The fourth-order valence-corrected chi connectivity index (χ4v) is 17.0. The molecule has 2 heterocycles. The van der Waals surface area contributed by atoms with Gasteiger partial charge in [0.2, 0.25) is 0 Å². The molecule has 4 saturated carbocycles. The lowest BCUT2D eigenvalue weighted by Crippen LogP contribution is -2.28. The van der Waals surface area contributed by atoms with Crippen molar-refractivity contribution in [2.24, 2.45) is 23.7 Å². The second-order valence-electron chi connectivity index (χ2n) is 21.5. The van der Waals surface area contributed by atoms with Gasteiger partial charge < -0.3 is 4.40 Å². The Labute approximate surface area is 362 Å². The molecule has 2 nitrogen and oxygen atoms in total. The summed E-state index contributed by atoms with van der Waals surface area (Å²) in [5, 5.41) is 20.0. The fraction of sp³-hybridized carbons (Fsp3) is 0.317. The van der Waals surface area contributed by atoms with Crippen LogP contribution in [0.15, 0.2) is 121 Å². The third-order valence-corrected chi connectivity index (χ3v) is 18.6. The molecule has 0 spiro atoms. The van der Waals surface area contributed by atoms with E-state index in [1.54, 1.807) is 22.3 Å². The van der Waals surface area contributed by atoms with Gasteiger partial charge in [-0.2, -0.15) is 5.26 Å². The number of nitrogens with zero attached hydrogens (tertiary/aromatic N) is 2. The van der Waals surface area contributed by atoms with E-state index in [4.69, 9.17) is 0 Å². The Hall–Kier alpha value is -5.91. The summed E-state index contributed by atoms with van der Waals surface area (Å²) < 4.78 is 2.68. The van der Waals surface area contributed by atoms with Crippen molar-refractivity contribution in [3.05, 3.63) is 171 Å². The van der Waals surface area contributed by atoms with Gasteiger partial charge in [-0.25, -0.2) is 0 Å². The minimum atomic E-state index is -0.627. The van der Waals surface area contributed by atoms with Crippen LogP contribution in [0.1, 0.15) is 138 Å². The molecule has 298 valence electrons. The molecular weight excluding hydrogens is 749 g/mol. The molecule has 2 heteroatoms. The second kappa shape index (κ2) is 11.6. The molecule has 4 fully saturated rings. The third kappa shape index (κ3) is 3.96. The van der Waals surface area contributed by atoms with Crippen molar-refractivity contribution in [2.45, 2.75) is 93.3 Å². The normalized spacial score (nSPS) is 28.1. The second-order valence-corrected chi connectivity index (χ2v) is 21.5. The quantitative estimate of drug-likeness (QED) is 0.171. The van der Waals surface area contributed by atoms with Gasteiger partial charge in [0.05, 0.1) is 33.6 Å². The first-order valence-corrected chi connectivity index (χ1v) is 24.1. The summed E-state index contributed by atoms with van der Waals surface area (Å²) >= 11 is 0. The van der Waals surface area contributed by atoms with E-state index in [9.17, 15) is 5.26 Å². The van der Waals surface area contributed by atoms with E-state index >= 15 is 0 Å². The molecule has 0 radical (unpaired) electrons. The third-order valence-electron chi connectivity index (χ3n) is 18.6. The monoisotopic (exact) mass is 796 g/mol. The molecule has 0 N–H and O–H groups in total. The van der Waals surface area contributed by atoms with Crippen molar-refractivity contribution < 1.29 is 0 Å². The van der Waals surface area contributed by atoms with E-state index in [2.05, 4.69) is 132 Å². The Morgan fingerprint density at radius 3 is 1.76 bits per heavy atom. The van der Waals surface area contributed by atoms with Crippen molar-refractivity contribution in [2.75, 3.05) is 0 Å². The number of hydrogen-bond donors (Lipinski definition) is 0. The van der Waals surface area contributed by atoms with Gasteiger partial charge in [-0.1, -0.05) is 97.1 Å². The van der Waals surface area contributed by atoms with E-state index in [-0.39, 0.29) is 0 Å². The molecule has 9 aliphatic rings. The fourth-order valence-electron chi connectivity index (χ4n) is 17.0. The molecule has 4 atom stereocenters. The van der Waals surface area contributed by atoms with E-state index in [1.807, 2.05) is 0 Å². The number of aromatic nitrogens is 1. The standard InChI is InChI=1S/C60H48N2/c61-31-41-29-52-57(58-54(41)45-13-7-8-14-50(45)60(58,42-9-3-1-4-10-42)43-11-5-2-6-12-43)56-48-30-47-38-23-32-17-33(24-38)22-37(21-32)46(47)27-39(48)28-49-55-51(62(52)59(49)56)16-15-44-36-19-34-18-35(20-36)26-40(25-34)53(44)55/h1-16,27-30,32-38,40H,17-26H2. The van der Waals surface area contributed by atoms with Crippen molar-refractivity contribution >= 4 is 48.9 Å². The number of hydrogen-bond acceptors (Lipinski definition) is 1. The zero-order valence-corrected chi connectivity index (χ0v) is 35.1. The molecule has 18 rings (SSSR count). The zero-order chi connectivity index (χ0) is 40.2. The van der Waals surface area contributed by atoms with Crippen LogP contribution in [-0.4, -0.2) is 4.40 Å². The summed E-state index contributed by atoms with van der Waals surface area (Å²) in [5.74, 6) is 6.15.